The summed E-state index contributed by atoms with van der Waals surface area (Å²) in [5, 5.41) is 3.92. The lowest BCUT2D eigenvalue weighted by atomic mass is 10.1. The number of thioether (sulfide) groups is 1. The molecule has 1 heterocycles. The Morgan fingerprint density at radius 3 is 2.46 bits per heavy atom. The van der Waals surface area contributed by atoms with Gasteiger partial charge in [-0.25, -0.2) is 4.98 Å². The first-order chi connectivity index (χ1) is 18.0. The van der Waals surface area contributed by atoms with E-state index in [1.54, 1.807) is 22.8 Å². The number of rotatable bonds is 7. The number of nitrogens with zero attached hydrogens (tertiary/aromatic N) is 2. The van der Waals surface area contributed by atoms with E-state index in [9.17, 15) is 9.59 Å². The van der Waals surface area contributed by atoms with Crippen LogP contribution in [0.25, 0.3) is 16.6 Å². The maximum absolute atomic E-state index is 13.5. The van der Waals surface area contributed by atoms with Gasteiger partial charge in [0.15, 0.2) is 5.16 Å². The van der Waals surface area contributed by atoms with Gasteiger partial charge >= 0.3 is 0 Å². The number of carbonyl (C=O) groups excluding carboxylic acids is 1. The molecule has 7 heteroatoms. The van der Waals surface area contributed by atoms with Crippen LogP contribution in [0.15, 0.2) is 107 Å². The second-order valence-corrected chi connectivity index (χ2v) is 9.49. The topological polar surface area (TPSA) is 73.2 Å². The molecule has 184 valence electrons. The Balaban J connectivity index is 1.39. The van der Waals surface area contributed by atoms with E-state index in [1.165, 1.54) is 11.8 Å². The number of benzene rings is 4. The molecule has 5 rings (SSSR count). The van der Waals surface area contributed by atoms with E-state index in [0.717, 1.165) is 16.8 Å². The van der Waals surface area contributed by atoms with Gasteiger partial charge in [-0.3, -0.25) is 14.2 Å². The Hall–Kier alpha value is -4.36. The van der Waals surface area contributed by atoms with E-state index in [-0.39, 0.29) is 17.2 Å². The molecule has 0 unspecified atom stereocenters. The third-order valence-electron chi connectivity index (χ3n) is 5.99. The molecule has 0 saturated heterocycles. The number of aryl methyl sites for hydroxylation is 1. The van der Waals surface area contributed by atoms with Gasteiger partial charge in [0.2, 0.25) is 5.91 Å². The number of carbonyl (C=O) groups is 1. The molecular formula is C30H25N3O3S. The van der Waals surface area contributed by atoms with Gasteiger partial charge < -0.3 is 10.1 Å². The summed E-state index contributed by atoms with van der Waals surface area (Å²) in [4.78, 5) is 31.2. The largest absolute Gasteiger partial charge is 0.457 e. The minimum Gasteiger partial charge on any atom is -0.457 e. The van der Waals surface area contributed by atoms with Crippen molar-refractivity contribution in [1.29, 1.82) is 0 Å². The van der Waals surface area contributed by atoms with Gasteiger partial charge in [0, 0.05) is 11.8 Å². The average molecular weight is 508 g/mol. The predicted molar refractivity (Wildman–Crippen MR) is 149 cm³/mol. The van der Waals surface area contributed by atoms with Gasteiger partial charge in [-0.1, -0.05) is 60.3 Å². The van der Waals surface area contributed by atoms with Crippen LogP contribution in [0.5, 0.6) is 11.5 Å². The molecule has 0 fully saturated rings. The van der Waals surface area contributed by atoms with Crippen molar-refractivity contribution in [2.45, 2.75) is 19.0 Å². The molecule has 0 saturated carbocycles. The second kappa shape index (κ2) is 10.7. The van der Waals surface area contributed by atoms with Crippen LogP contribution in [0.2, 0.25) is 0 Å². The molecule has 0 aliphatic rings. The first-order valence-electron chi connectivity index (χ1n) is 11.8. The Kier molecular flexibility index (Phi) is 7.05. The van der Waals surface area contributed by atoms with Crippen molar-refractivity contribution in [3.05, 3.63) is 119 Å². The zero-order valence-electron chi connectivity index (χ0n) is 20.5. The van der Waals surface area contributed by atoms with E-state index < -0.39 is 0 Å². The molecule has 6 nitrogen and oxygen atoms in total. The van der Waals surface area contributed by atoms with Crippen molar-refractivity contribution < 1.29 is 9.53 Å². The zero-order chi connectivity index (χ0) is 25.8. The standard InChI is InChI=1S/C30H25N3O3S/c1-20-10-8-17-27(21(20)2)33-29(35)25-15-6-7-16-26(25)32-30(33)37-19-28(34)31-22-11-9-14-24(18-22)36-23-12-4-3-5-13-23/h3-18H,19H2,1-2H3,(H,31,34). The first-order valence-corrected chi connectivity index (χ1v) is 12.8. The highest BCUT2D eigenvalue weighted by Gasteiger charge is 2.17. The van der Waals surface area contributed by atoms with Gasteiger partial charge in [0.1, 0.15) is 11.5 Å². The van der Waals surface area contributed by atoms with Crippen molar-refractivity contribution in [1.82, 2.24) is 9.55 Å². The van der Waals surface area contributed by atoms with Crippen LogP contribution >= 0.6 is 11.8 Å². The van der Waals surface area contributed by atoms with Crippen molar-refractivity contribution in [3.8, 4) is 17.2 Å². The van der Waals surface area contributed by atoms with Crippen LogP contribution in [0.3, 0.4) is 0 Å². The molecule has 0 radical (unpaired) electrons. The molecule has 0 atom stereocenters. The summed E-state index contributed by atoms with van der Waals surface area (Å²) < 4.78 is 7.47. The van der Waals surface area contributed by atoms with E-state index in [0.29, 0.717) is 33.2 Å². The van der Waals surface area contributed by atoms with Crippen LogP contribution in [0, 0.1) is 13.8 Å². The molecule has 0 aliphatic carbocycles. The summed E-state index contributed by atoms with van der Waals surface area (Å²) >= 11 is 1.23. The second-order valence-electron chi connectivity index (χ2n) is 8.55. The van der Waals surface area contributed by atoms with Gasteiger partial charge in [0.05, 0.1) is 22.3 Å². The summed E-state index contributed by atoms with van der Waals surface area (Å²) in [6.07, 6.45) is 0. The molecule has 1 N–H and O–H groups in total. The molecule has 1 amide bonds. The van der Waals surface area contributed by atoms with Gasteiger partial charge in [-0.2, -0.15) is 0 Å². The molecule has 0 aliphatic heterocycles. The fraction of sp³-hybridized carbons (Fsp3) is 0.100. The van der Waals surface area contributed by atoms with Crippen molar-refractivity contribution in [2.24, 2.45) is 0 Å². The fourth-order valence-electron chi connectivity index (χ4n) is 3.99. The summed E-state index contributed by atoms with van der Waals surface area (Å²) in [5.41, 5.74) is 3.89. The zero-order valence-corrected chi connectivity index (χ0v) is 21.3. The third-order valence-corrected chi connectivity index (χ3v) is 6.93. The lowest BCUT2D eigenvalue weighted by molar-refractivity contribution is -0.113. The normalized spacial score (nSPS) is 10.9. The van der Waals surface area contributed by atoms with Gasteiger partial charge in [-0.05, 0) is 67.4 Å². The van der Waals surface area contributed by atoms with Gasteiger partial charge in [0.25, 0.3) is 5.56 Å². The van der Waals surface area contributed by atoms with Crippen molar-refractivity contribution >= 4 is 34.3 Å². The number of amides is 1. The highest BCUT2D eigenvalue weighted by molar-refractivity contribution is 7.99. The molecule has 1 aromatic heterocycles. The third kappa shape index (κ3) is 5.42. The SMILES string of the molecule is Cc1cccc(-n2c(SCC(=O)Nc3cccc(Oc4ccccc4)c3)nc3ccccc3c2=O)c1C. The number of ether oxygens (including phenoxy) is 1. The molecule has 0 bridgehead atoms. The number of hydrogen-bond acceptors (Lipinski definition) is 5. The van der Waals surface area contributed by atoms with Crippen LogP contribution < -0.4 is 15.6 Å². The van der Waals surface area contributed by atoms with Crippen molar-refractivity contribution in [2.75, 3.05) is 11.1 Å². The Bertz CT molecular complexity index is 1650. The number of para-hydroxylation sites is 2. The maximum Gasteiger partial charge on any atom is 0.266 e. The lowest BCUT2D eigenvalue weighted by Crippen LogP contribution is -2.23. The summed E-state index contributed by atoms with van der Waals surface area (Å²) in [6, 6.07) is 29.8. The quantitative estimate of drug-likeness (QED) is 0.200. The lowest BCUT2D eigenvalue weighted by Gasteiger charge is -2.16. The molecular weight excluding hydrogens is 482 g/mol. The molecule has 0 spiro atoms. The number of nitrogens with one attached hydrogen (secondary N) is 1. The van der Waals surface area contributed by atoms with Crippen LogP contribution in [-0.4, -0.2) is 21.2 Å². The smallest absolute Gasteiger partial charge is 0.266 e. The number of aromatic nitrogens is 2. The van der Waals surface area contributed by atoms with Crippen LogP contribution in [0.4, 0.5) is 5.69 Å². The highest BCUT2D eigenvalue weighted by atomic mass is 32.2. The monoisotopic (exact) mass is 507 g/mol. The highest BCUT2D eigenvalue weighted by Crippen LogP contribution is 2.26. The Labute approximate surface area is 219 Å². The first kappa shape index (κ1) is 24.3. The summed E-state index contributed by atoms with van der Waals surface area (Å²) in [6.45, 7) is 3.99. The molecule has 37 heavy (non-hydrogen) atoms. The Morgan fingerprint density at radius 2 is 1.62 bits per heavy atom. The van der Waals surface area contributed by atoms with E-state index in [1.807, 2.05) is 92.7 Å². The number of fused-ring (bicyclic) bond motifs is 1. The predicted octanol–water partition coefficient (Wildman–Crippen LogP) is 6.53. The van der Waals surface area contributed by atoms with E-state index in [4.69, 9.17) is 9.72 Å². The summed E-state index contributed by atoms with van der Waals surface area (Å²) in [5.74, 6) is 1.21. The number of hydrogen-bond donors (Lipinski definition) is 1. The summed E-state index contributed by atoms with van der Waals surface area (Å²) in [7, 11) is 0. The minimum absolute atomic E-state index is 0.0828. The molecule has 5 aromatic rings. The van der Waals surface area contributed by atoms with Gasteiger partial charge in [-0.15, -0.1) is 0 Å². The Morgan fingerprint density at radius 1 is 0.892 bits per heavy atom. The van der Waals surface area contributed by atoms with E-state index >= 15 is 0 Å². The molecule has 4 aromatic carbocycles. The van der Waals surface area contributed by atoms with E-state index in [2.05, 4.69) is 5.32 Å². The van der Waals surface area contributed by atoms with Crippen molar-refractivity contribution in [3.63, 3.8) is 0 Å². The number of anilines is 1. The van der Waals surface area contributed by atoms with Crippen LogP contribution in [-0.2, 0) is 4.79 Å². The minimum atomic E-state index is -0.211. The van der Waals surface area contributed by atoms with Crippen LogP contribution in [0.1, 0.15) is 11.1 Å². The average Bonchev–Trinajstić information content (AvgIpc) is 2.90. The fourth-order valence-corrected chi connectivity index (χ4v) is 4.79. The maximum atomic E-state index is 13.5.